The summed E-state index contributed by atoms with van der Waals surface area (Å²) in [5.74, 6) is 3.44. The molecule has 1 unspecified atom stereocenters. The summed E-state index contributed by atoms with van der Waals surface area (Å²) in [5.41, 5.74) is 4.99. The highest BCUT2D eigenvalue weighted by atomic mass is 14.7. The Kier molecular flexibility index (Phi) is 7.36. The summed E-state index contributed by atoms with van der Waals surface area (Å²) in [6.07, 6.45) is 5.90. The Morgan fingerprint density at radius 3 is 2.53 bits per heavy atom. The van der Waals surface area contributed by atoms with E-state index in [1.165, 1.54) is 0 Å². The van der Waals surface area contributed by atoms with Gasteiger partial charge in [-0.2, -0.15) is 0 Å². The van der Waals surface area contributed by atoms with Crippen molar-refractivity contribution in [3.63, 3.8) is 0 Å². The molecule has 0 aromatic rings. The Labute approximate surface area is 93.6 Å². The Morgan fingerprint density at radius 2 is 2.13 bits per heavy atom. The van der Waals surface area contributed by atoms with Crippen molar-refractivity contribution in [3.8, 4) is 0 Å². The van der Waals surface area contributed by atoms with Gasteiger partial charge in [0.1, 0.15) is 0 Å². The van der Waals surface area contributed by atoms with E-state index in [4.69, 9.17) is 0 Å². The zero-order valence-corrected chi connectivity index (χ0v) is 10.3. The molecule has 15 heavy (non-hydrogen) atoms. The summed E-state index contributed by atoms with van der Waals surface area (Å²) < 4.78 is 0. The van der Waals surface area contributed by atoms with Crippen LogP contribution in [-0.2, 0) is 0 Å². The van der Waals surface area contributed by atoms with Crippen LogP contribution in [0.25, 0.3) is 0 Å². The fourth-order valence-electron chi connectivity index (χ4n) is 1.13. The molecule has 0 saturated carbocycles. The van der Waals surface area contributed by atoms with Crippen molar-refractivity contribution < 1.29 is 0 Å². The number of rotatable bonds is 5. The number of hydrogen-bond acceptors (Lipinski definition) is 1. The fraction of sp³-hybridized carbons (Fsp3) is 0.500. The van der Waals surface area contributed by atoms with Crippen molar-refractivity contribution >= 4 is 5.87 Å². The van der Waals surface area contributed by atoms with Crippen LogP contribution in [0.3, 0.4) is 0 Å². The third-order valence-corrected chi connectivity index (χ3v) is 2.45. The molecule has 0 radical (unpaired) electrons. The summed E-state index contributed by atoms with van der Waals surface area (Å²) in [6, 6.07) is 0. The highest BCUT2D eigenvalue weighted by Gasteiger charge is 2.02. The van der Waals surface area contributed by atoms with Gasteiger partial charge in [-0.3, -0.25) is 0 Å². The molecule has 0 rings (SSSR count). The first-order valence-corrected chi connectivity index (χ1v) is 5.54. The van der Waals surface area contributed by atoms with E-state index in [0.29, 0.717) is 5.92 Å². The molecule has 1 nitrogen and oxygen atoms in total. The summed E-state index contributed by atoms with van der Waals surface area (Å²) >= 11 is 0. The topological polar surface area (TPSA) is 12.4 Å². The van der Waals surface area contributed by atoms with Crippen LogP contribution < -0.4 is 0 Å². The lowest BCUT2D eigenvalue weighted by molar-refractivity contribution is 0.648. The van der Waals surface area contributed by atoms with E-state index in [1.807, 2.05) is 19.1 Å². The minimum absolute atomic E-state index is 0.494. The van der Waals surface area contributed by atoms with Crippen molar-refractivity contribution in [2.75, 3.05) is 0 Å². The first-order valence-electron chi connectivity index (χ1n) is 5.54. The van der Waals surface area contributed by atoms with Crippen molar-refractivity contribution in [2.45, 2.75) is 40.5 Å². The van der Waals surface area contributed by atoms with Gasteiger partial charge < -0.3 is 0 Å². The third-order valence-electron chi connectivity index (χ3n) is 2.45. The molecule has 0 amide bonds. The second-order valence-electron chi connectivity index (χ2n) is 3.46. The average Bonchev–Trinajstić information content (AvgIpc) is 2.28. The highest BCUT2D eigenvalue weighted by molar-refractivity contribution is 5.58. The maximum absolute atomic E-state index is 4.32. The van der Waals surface area contributed by atoms with Crippen molar-refractivity contribution in [2.24, 2.45) is 10.9 Å². The molecule has 0 spiro atoms. The van der Waals surface area contributed by atoms with Gasteiger partial charge in [0.25, 0.3) is 0 Å². The van der Waals surface area contributed by atoms with Crippen LogP contribution in [0, 0.1) is 5.92 Å². The van der Waals surface area contributed by atoms with Gasteiger partial charge in [-0.05, 0) is 31.6 Å². The standard InChI is InChI=1S/C14H21N/c1-6-12(5)14(9-4)15-11-10-13(7-2)8-3/h9-10,12H,2,6,8H2,1,3-5H3. The molecule has 0 N–H and O–H groups in total. The van der Waals surface area contributed by atoms with Crippen LogP contribution in [0.4, 0.5) is 0 Å². The first kappa shape index (κ1) is 13.7. The van der Waals surface area contributed by atoms with E-state index in [2.05, 4.69) is 43.9 Å². The maximum Gasteiger partial charge on any atom is 0.0489 e. The predicted molar refractivity (Wildman–Crippen MR) is 68.2 cm³/mol. The van der Waals surface area contributed by atoms with Gasteiger partial charge in [0.05, 0.1) is 0 Å². The molecule has 0 fully saturated rings. The zero-order valence-electron chi connectivity index (χ0n) is 10.3. The van der Waals surface area contributed by atoms with Gasteiger partial charge in [-0.1, -0.05) is 33.4 Å². The molecule has 0 aliphatic carbocycles. The largest absolute Gasteiger partial charge is 0.211 e. The minimum atomic E-state index is 0.494. The first-order chi connectivity index (χ1) is 7.19. The predicted octanol–water partition coefficient (Wildman–Crippen LogP) is 4.28. The molecule has 0 aromatic carbocycles. The molecule has 0 heterocycles. The molecular weight excluding hydrogens is 182 g/mol. The quantitative estimate of drug-likeness (QED) is 0.359. The van der Waals surface area contributed by atoms with Crippen LogP contribution in [0.5, 0.6) is 0 Å². The van der Waals surface area contributed by atoms with Crippen LogP contribution >= 0.6 is 0 Å². The Hall–Kier alpha value is -1.29. The SMILES string of the molecule is C=C=C(C=C=NC(=CC)C(C)CC)CC. The van der Waals surface area contributed by atoms with E-state index >= 15 is 0 Å². The normalized spacial score (nSPS) is 12.4. The van der Waals surface area contributed by atoms with Crippen LogP contribution in [-0.4, -0.2) is 5.87 Å². The van der Waals surface area contributed by atoms with E-state index in [9.17, 15) is 0 Å². The highest BCUT2D eigenvalue weighted by Crippen LogP contribution is 2.14. The molecule has 1 heteroatoms. The summed E-state index contributed by atoms with van der Waals surface area (Å²) in [4.78, 5) is 4.32. The van der Waals surface area contributed by atoms with Crippen molar-refractivity contribution in [1.82, 2.24) is 0 Å². The average molecular weight is 203 g/mol. The summed E-state index contributed by atoms with van der Waals surface area (Å²) in [6.45, 7) is 12.0. The van der Waals surface area contributed by atoms with E-state index in [1.54, 1.807) is 0 Å². The second kappa shape index (κ2) is 8.05. The third kappa shape index (κ3) is 5.22. The molecule has 0 bridgehead atoms. The molecule has 0 aliphatic rings. The van der Waals surface area contributed by atoms with Crippen LogP contribution in [0.1, 0.15) is 40.5 Å². The van der Waals surface area contributed by atoms with Gasteiger partial charge >= 0.3 is 0 Å². The fourth-order valence-corrected chi connectivity index (χ4v) is 1.13. The molecule has 0 saturated heterocycles. The number of allylic oxidation sites excluding steroid dienone is 4. The Morgan fingerprint density at radius 1 is 1.47 bits per heavy atom. The van der Waals surface area contributed by atoms with Gasteiger partial charge in [0, 0.05) is 17.3 Å². The summed E-state index contributed by atoms with van der Waals surface area (Å²) in [7, 11) is 0. The lowest BCUT2D eigenvalue weighted by Gasteiger charge is -2.06. The van der Waals surface area contributed by atoms with Gasteiger partial charge in [0.15, 0.2) is 0 Å². The van der Waals surface area contributed by atoms with E-state index in [0.717, 1.165) is 24.1 Å². The van der Waals surface area contributed by atoms with Gasteiger partial charge in [-0.25, -0.2) is 4.99 Å². The molecule has 0 aliphatic heterocycles. The summed E-state index contributed by atoms with van der Waals surface area (Å²) in [5, 5.41) is 0. The van der Waals surface area contributed by atoms with Crippen molar-refractivity contribution in [1.29, 1.82) is 0 Å². The van der Waals surface area contributed by atoms with Crippen LogP contribution in [0.2, 0.25) is 0 Å². The smallest absolute Gasteiger partial charge is 0.0489 e. The number of hydrogen-bond donors (Lipinski definition) is 0. The van der Waals surface area contributed by atoms with Crippen LogP contribution in [0.15, 0.2) is 40.7 Å². The Bertz CT molecular complexity index is 321. The number of aliphatic imine (C=N–C) groups is 1. The maximum atomic E-state index is 4.32. The lowest BCUT2D eigenvalue weighted by atomic mass is 10.1. The van der Waals surface area contributed by atoms with Crippen molar-refractivity contribution in [3.05, 3.63) is 35.7 Å². The number of nitrogens with zero attached hydrogens (tertiary/aromatic N) is 1. The minimum Gasteiger partial charge on any atom is -0.211 e. The molecule has 0 aromatic heterocycles. The second-order valence-corrected chi connectivity index (χ2v) is 3.46. The van der Waals surface area contributed by atoms with Gasteiger partial charge in [0.2, 0.25) is 0 Å². The van der Waals surface area contributed by atoms with Gasteiger partial charge in [-0.15, -0.1) is 5.73 Å². The van der Waals surface area contributed by atoms with E-state index < -0.39 is 0 Å². The Balaban J connectivity index is 4.70. The molecular formula is C14H21N. The molecule has 1 atom stereocenters. The van der Waals surface area contributed by atoms with E-state index in [-0.39, 0.29) is 0 Å². The zero-order chi connectivity index (χ0) is 11.7. The monoisotopic (exact) mass is 203 g/mol. The lowest BCUT2D eigenvalue weighted by Crippen LogP contribution is -1.94. The molecule has 82 valence electrons.